The number of aliphatic hydroxyl groups is 1. The number of aryl methyl sites for hydroxylation is 1. The first-order valence-electron chi connectivity index (χ1n) is 14.6. The van der Waals surface area contributed by atoms with Crippen molar-refractivity contribution in [2.45, 2.75) is 51.8 Å². The monoisotopic (exact) mass is 582 g/mol. The van der Waals surface area contributed by atoms with E-state index in [-0.39, 0.29) is 29.4 Å². The molecule has 0 spiro atoms. The van der Waals surface area contributed by atoms with Gasteiger partial charge in [-0.2, -0.15) is 5.10 Å². The number of likely N-dealkylation sites (tertiary alicyclic amines) is 1. The van der Waals surface area contributed by atoms with Gasteiger partial charge in [-0.15, -0.1) is 0 Å². The number of fused-ring (bicyclic) bond motifs is 1. The van der Waals surface area contributed by atoms with E-state index >= 15 is 0 Å². The molecule has 3 aromatic carbocycles. The van der Waals surface area contributed by atoms with Gasteiger partial charge in [0, 0.05) is 25.3 Å². The average Bonchev–Trinajstić information content (AvgIpc) is 3.64. The molecular weight excluding hydrogens is 547 g/mol. The lowest BCUT2D eigenvalue weighted by Crippen LogP contribution is -2.32. The summed E-state index contributed by atoms with van der Waals surface area (Å²) in [5.74, 6) is -0.730. The van der Waals surface area contributed by atoms with Gasteiger partial charge in [0.1, 0.15) is 11.6 Å². The minimum absolute atomic E-state index is 0.108. The number of nitrogens with one attached hydrogen (secondary N) is 1. The topological polar surface area (TPSA) is 96.7 Å². The van der Waals surface area contributed by atoms with Crippen molar-refractivity contribution in [2.75, 3.05) is 25.5 Å². The van der Waals surface area contributed by atoms with Crippen molar-refractivity contribution in [3.8, 4) is 28.0 Å². The summed E-state index contributed by atoms with van der Waals surface area (Å²) in [4.78, 5) is 27.1. The van der Waals surface area contributed by atoms with Gasteiger partial charge in [0.25, 0.3) is 5.91 Å². The van der Waals surface area contributed by atoms with Gasteiger partial charge < -0.3 is 15.2 Å². The van der Waals surface area contributed by atoms with Gasteiger partial charge in [-0.3, -0.25) is 19.2 Å². The van der Waals surface area contributed by atoms with Gasteiger partial charge in [0.2, 0.25) is 0 Å². The first-order valence-corrected chi connectivity index (χ1v) is 14.6. The lowest BCUT2D eigenvalue weighted by molar-refractivity contribution is 0.102. The lowest BCUT2D eigenvalue weighted by Gasteiger charge is -2.31. The van der Waals surface area contributed by atoms with E-state index in [4.69, 9.17) is 4.74 Å². The van der Waals surface area contributed by atoms with E-state index in [1.165, 1.54) is 13.2 Å². The van der Waals surface area contributed by atoms with Crippen molar-refractivity contribution in [1.29, 1.82) is 0 Å². The molecule has 9 heteroatoms. The van der Waals surface area contributed by atoms with Crippen LogP contribution in [0.2, 0.25) is 0 Å². The smallest absolute Gasteiger partial charge is 0.276 e. The number of ether oxygens (including phenoxy) is 1. The zero-order chi connectivity index (χ0) is 30.2. The molecule has 4 aromatic rings. The van der Waals surface area contributed by atoms with Gasteiger partial charge in [-0.25, -0.2) is 4.39 Å². The van der Waals surface area contributed by atoms with Crippen LogP contribution in [0, 0.1) is 19.7 Å². The Bertz CT molecular complexity index is 1710. The number of β-amino-alcohol motifs (C(OH)–C–C–N with tert-alkyl or cyclic N) is 1. The van der Waals surface area contributed by atoms with Crippen LogP contribution < -0.4 is 10.1 Å². The summed E-state index contributed by atoms with van der Waals surface area (Å²) in [7, 11) is 1.41. The minimum atomic E-state index is -0.639. The van der Waals surface area contributed by atoms with Crippen molar-refractivity contribution in [3.63, 3.8) is 0 Å². The molecule has 2 atom stereocenters. The molecule has 1 aromatic heterocycles. The van der Waals surface area contributed by atoms with Gasteiger partial charge in [0.15, 0.2) is 12.0 Å². The molecule has 1 amide bonds. The maximum absolute atomic E-state index is 14.7. The predicted molar refractivity (Wildman–Crippen MR) is 163 cm³/mol. The standard InChI is InChI=1S/C34H35FN4O4/c1-20-24(22-15-28(35)27(19-40)33(16-22)43-3)7-4-8-25(20)26-9-5-10-29(21(26)2)36-34(42)30-17-32-31(11-6-13-39(32)37-30)38-14-12-23(41)18-38/h4-5,7-10,15-17,19,23,31,41H,6,11-14,18H2,1-3H3,(H,36,42)/t23-,31?/m1/s1. The number of hydrogen-bond acceptors (Lipinski definition) is 6. The number of aromatic nitrogens is 2. The lowest BCUT2D eigenvalue weighted by atomic mass is 9.90. The fourth-order valence-electron chi connectivity index (χ4n) is 6.51. The van der Waals surface area contributed by atoms with Crippen molar-refractivity contribution < 1.29 is 23.8 Å². The van der Waals surface area contributed by atoms with Gasteiger partial charge in [-0.1, -0.05) is 30.3 Å². The highest BCUT2D eigenvalue weighted by atomic mass is 19.1. The molecule has 3 heterocycles. The summed E-state index contributed by atoms with van der Waals surface area (Å²) in [5.41, 5.74) is 7.08. The first kappa shape index (κ1) is 28.8. The number of aliphatic hydroxyl groups excluding tert-OH is 1. The van der Waals surface area contributed by atoms with Crippen LogP contribution in [0.5, 0.6) is 5.75 Å². The molecule has 2 aliphatic heterocycles. The maximum Gasteiger partial charge on any atom is 0.276 e. The van der Waals surface area contributed by atoms with Crippen LogP contribution in [-0.4, -0.2) is 58.3 Å². The summed E-state index contributed by atoms with van der Waals surface area (Å²) in [6.45, 7) is 6.20. The fourth-order valence-corrected chi connectivity index (χ4v) is 6.51. The van der Waals surface area contributed by atoms with Crippen molar-refractivity contribution in [2.24, 2.45) is 0 Å². The molecule has 43 heavy (non-hydrogen) atoms. The number of benzene rings is 3. The molecule has 222 valence electrons. The van der Waals surface area contributed by atoms with Gasteiger partial charge >= 0.3 is 0 Å². The Labute approximate surface area is 250 Å². The zero-order valence-corrected chi connectivity index (χ0v) is 24.6. The van der Waals surface area contributed by atoms with Crippen molar-refractivity contribution in [3.05, 3.63) is 88.5 Å². The first-order chi connectivity index (χ1) is 20.8. The highest BCUT2D eigenvalue weighted by molar-refractivity contribution is 6.04. The van der Waals surface area contributed by atoms with E-state index in [0.29, 0.717) is 29.8 Å². The second-order valence-corrected chi connectivity index (χ2v) is 11.4. The third kappa shape index (κ3) is 5.34. The number of aldehydes is 1. The van der Waals surface area contributed by atoms with Crippen molar-refractivity contribution >= 4 is 17.9 Å². The van der Waals surface area contributed by atoms with Gasteiger partial charge in [0.05, 0.1) is 30.5 Å². The second kappa shape index (κ2) is 11.7. The number of hydrogen-bond donors (Lipinski definition) is 2. The van der Waals surface area contributed by atoms with Crippen LogP contribution in [-0.2, 0) is 6.54 Å². The number of anilines is 1. The molecule has 0 aliphatic carbocycles. The molecule has 0 saturated carbocycles. The molecule has 8 nitrogen and oxygen atoms in total. The normalized spacial score (nSPS) is 18.3. The third-order valence-electron chi connectivity index (χ3n) is 8.81. The minimum Gasteiger partial charge on any atom is -0.496 e. The number of amides is 1. The van der Waals surface area contributed by atoms with E-state index in [9.17, 15) is 19.1 Å². The van der Waals surface area contributed by atoms with E-state index in [2.05, 4.69) is 15.3 Å². The summed E-state index contributed by atoms with van der Waals surface area (Å²) in [5, 5.41) is 17.8. The molecule has 2 aliphatic rings. The molecule has 0 bridgehead atoms. The van der Waals surface area contributed by atoms with Gasteiger partial charge in [-0.05, 0) is 90.8 Å². The average molecular weight is 583 g/mol. The Hall–Kier alpha value is -4.34. The molecule has 2 N–H and O–H groups in total. The van der Waals surface area contributed by atoms with Crippen LogP contribution >= 0.6 is 0 Å². The predicted octanol–water partition coefficient (Wildman–Crippen LogP) is 5.95. The SMILES string of the molecule is COc1cc(-c2cccc(-c3cccc(NC(=O)c4cc5n(n4)CCCC5N4CC[C@@H](O)C4)c3C)c2C)cc(F)c1C=O. The number of nitrogens with zero attached hydrogens (tertiary/aromatic N) is 3. The van der Waals surface area contributed by atoms with E-state index in [1.807, 2.05) is 61.0 Å². The molecule has 0 radical (unpaired) electrons. The molecular formula is C34H35FN4O4. The second-order valence-electron chi connectivity index (χ2n) is 11.4. The van der Waals surface area contributed by atoms with Crippen LogP contribution in [0.4, 0.5) is 10.1 Å². The van der Waals surface area contributed by atoms with Crippen LogP contribution in [0.3, 0.4) is 0 Å². The van der Waals surface area contributed by atoms with Crippen LogP contribution in [0.1, 0.15) is 63.0 Å². The number of rotatable bonds is 7. The van der Waals surface area contributed by atoms with E-state index in [1.54, 1.807) is 6.07 Å². The Morgan fingerprint density at radius 2 is 1.79 bits per heavy atom. The Morgan fingerprint density at radius 3 is 2.51 bits per heavy atom. The van der Waals surface area contributed by atoms with Crippen molar-refractivity contribution in [1.82, 2.24) is 14.7 Å². The fraction of sp³-hybridized carbons (Fsp3) is 0.324. The number of halogens is 1. The van der Waals surface area contributed by atoms with E-state index < -0.39 is 5.82 Å². The highest BCUT2D eigenvalue weighted by Crippen LogP contribution is 2.38. The number of methoxy groups -OCH3 is 1. The number of carbonyl (C=O) groups excluding carboxylic acids is 2. The summed E-state index contributed by atoms with van der Waals surface area (Å²) in [6.07, 6.45) is 2.90. The largest absolute Gasteiger partial charge is 0.496 e. The number of carbonyl (C=O) groups is 2. The Morgan fingerprint density at radius 1 is 1.05 bits per heavy atom. The van der Waals surface area contributed by atoms with E-state index in [0.717, 1.165) is 65.9 Å². The maximum atomic E-state index is 14.7. The Kier molecular flexibility index (Phi) is 7.85. The molecule has 1 unspecified atom stereocenters. The Balaban J connectivity index is 1.28. The van der Waals surface area contributed by atoms with Crippen LogP contribution in [0.15, 0.2) is 54.6 Å². The summed E-state index contributed by atoms with van der Waals surface area (Å²) < 4.78 is 21.9. The molecule has 6 rings (SSSR count). The highest BCUT2D eigenvalue weighted by Gasteiger charge is 2.33. The summed E-state index contributed by atoms with van der Waals surface area (Å²) >= 11 is 0. The molecule has 1 fully saturated rings. The van der Waals surface area contributed by atoms with Crippen LogP contribution in [0.25, 0.3) is 22.3 Å². The summed E-state index contributed by atoms with van der Waals surface area (Å²) in [6, 6.07) is 16.7. The zero-order valence-electron chi connectivity index (χ0n) is 24.6. The third-order valence-corrected chi connectivity index (χ3v) is 8.81. The quantitative estimate of drug-likeness (QED) is 0.262. The molecule has 1 saturated heterocycles.